The van der Waals surface area contributed by atoms with Gasteiger partial charge in [-0.25, -0.2) is 4.98 Å². The molecule has 1 unspecified atom stereocenters. The molecule has 2 amide bonds. The average Bonchev–Trinajstić information content (AvgIpc) is 3.13. The summed E-state index contributed by atoms with van der Waals surface area (Å²) in [6.45, 7) is 4.31. The number of hydrogen-bond acceptors (Lipinski definition) is 4. The number of carbonyl (C=O) groups excluding carboxylic acids is 2. The Hall–Kier alpha value is -2.90. The van der Waals surface area contributed by atoms with Crippen molar-refractivity contribution in [1.82, 2.24) is 19.8 Å². The van der Waals surface area contributed by atoms with Gasteiger partial charge < -0.3 is 19.5 Å². The van der Waals surface area contributed by atoms with Crippen LogP contribution in [0.3, 0.4) is 0 Å². The van der Waals surface area contributed by atoms with E-state index in [-0.39, 0.29) is 18.4 Å². The Bertz CT molecular complexity index is 1060. The van der Waals surface area contributed by atoms with Crippen LogP contribution in [0.5, 0.6) is 0 Å². The topological polar surface area (TPSA) is 76.5 Å². The summed E-state index contributed by atoms with van der Waals surface area (Å²) in [6.07, 6.45) is 0. The Balaban J connectivity index is 1.59. The van der Waals surface area contributed by atoms with E-state index in [0.717, 1.165) is 11.0 Å². The van der Waals surface area contributed by atoms with Crippen molar-refractivity contribution in [1.29, 1.82) is 0 Å². The van der Waals surface area contributed by atoms with E-state index in [1.807, 2.05) is 35.8 Å². The molecule has 0 saturated carbocycles. The lowest BCUT2D eigenvalue weighted by Gasteiger charge is -2.27. The lowest BCUT2D eigenvalue weighted by atomic mass is 10.2. The molecule has 1 atom stereocenters. The second-order valence-electron chi connectivity index (χ2n) is 7.24. The second-order valence-corrected chi connectivity index (χ2v) is 7.68. The molecule has 1 saturated heterocycles. The van der Waals surface area contributed by atoms with E-state index in [4.69, 9.17) is 21.3 Å². The zero-order chi connectivity index (χ0) is 21.1. The second kappa shape index (κ2) is 8.85. The van der Waals surface area contributed by atoms with Gasteiger partial charge in [0.25, 0.3) is 5.91 Å². The van der Waals surface area contributed by atoms with Crippen molar-refractivity contribution in [2.45, 2.75) is 19.5 Å². The number of nitrogens with zero attached hydrogens (tertiary/aromatic N) is 3. The number of morpholine rings is 1. The monoisotopic (exact) mass is 426 g/mol. The third kappa shape index (κ3) is 4.32. The normalized spacial score (nSPS) is 15.2. The van der Waals surface area contributed by atoms with Gasteiger partial charge in [-0.15, -0.1) is 0 Å². The fourth-order valence-corrected chi connectivity index (χ4v) is 3.71. The van der Waals surface area contributed by atoms with Crippen LogP contribution in [0.15, 0.2) is 48.5 Å². The molecule has 0 spiro atoms. The van der Waals surface area contributed by atoms with E-state index in [1.165, 1.54) is 0 Å². The van der Waals surface area contributed by atoms with Crippen LogP contribution in [0.1, 0.15) is 29.1 Å². The van der Waals surface area contributed by atoms with Crippen LogP contribution < -0.4 is 5.32 Å². The van der Waals surface area contributed by atoms with Crippen molar-refractivity contribution in [3.05, 3.63) is 64.9 Å². The van der Waals surface area contributed by atoms with Crippen molar-refractivity contribution in [3.8, 4) is 0 Å². The molecule has 156 valence electrons. The number of para-hydroxylation sites is 2. The molecule has 1 N–H and O–H groups in total. The van der Waals surface area contributed by atoms with Gasteiger partial charge >= 0.3 is 0 Å². The Kier molecular flexibility index (Phi) is 6.01. The number of hydrogen-bond donors (Lipinski definition) is 1. The smallest absolute Gasteiger partial charge is 0.251 e. The number of imidazole rings is 1. The van der Waals surface area contributed by atoms with Crippen LogP contribution in [-0.2, 0) is 16.1 Å². The standard InChI is InChI=1S/C22H23ClN4O3/c1-15(24-22(29)16-6-8-17(23)9-7-16)21-25-18-4-2-3-5-19(18)27(21)14-20(28)26-10-12-30-13-11-26/h2-9,15H,10-14H2,1H3,(H,24,29). The first-order valence-electron chi connectivity index (χ1n) is 9.90. The van der Waals surface area contributed by atoms with Crippen LogP contribution in [0.4, 0.5) is 0 Å². The largest absolute Gasteiger partial charge is 0.378 e. The molecular weight excluding hydrogens is 404 g/mol. The summed E-state index contributed by atoms with van der Waals surface area (Å²) in [5, 5.41) is 3.55. The van der Waals surface area contributed by atoms with Gasteiger partial charge in [-0.05, 0) is 43.3 Å². The maximum Gasteiger partial charge on any atom is 0.251 e. The first kappa shape index (κ1) is 20.4. The highest BCUT2D eigenvalue weighted by atomic mass is 35.5. The zero-order valence-corrected chi connectivity index (χ0v) is 17.4. The Morgan fingerprint density at radius 2 is 1.83 bits per heavy atom. The molecule has 0 radical (unpaired) electrons. The number of ether oxygens (including phenoxy) is 1. The number of carbonyl (C=O) groups is 2. The summed E-state index contributed by atoms with van der Waals surface area (Å²) in [5.74, 6) is 0.427. The molecule has 0 bridgehead atoms. The van der Waals surface area contributed by atoms with Crippen LogP contribution in [0, 0.1) is 0 Å². The first-order chi connectivity index (χ1) is 14.5. The Labute approximate surface area is 179 Å². The van der Waals surface area contributed by atoms with Crippen molar-refractivity contribution in [3.63, 3.8) is 0 Å². The van der Waals surface area contributed by atoms with Gasteiger partial charge in [0.05, 0.1) is 30.3 Å². The van der Waals surface area contributed by atoms with Crippen LogP contribution >= 0.6 is 11.6 Å². The molecule has 1 aliphatic rings. The third-order valence-electron chi connectivity index (χ3n) is 5.18. The number of amides is 2. The summed E-state index contributed by atoms with van der Waals surface area (Å²) in [5.41, 5.74) is 2.16. The highest BCUT2D eigenvalue weighted by Crippen LogP contribution is 2.22. The Morgan fingerprint density at radius 3 is 2.57 bits per heavy atom. The number of halogens is 1. The lowest BCUT2D eigenvalue weighted by Crippen LogP contribution is -2.42. The van der Waals surface area contributed by atoms with Gasteiger partial charge in [-0.2, -0.15) is 0 Å². The maximum atomic E-state index is 12.9. The molecule has 2 heterocycles. The third-order valence-corrected chi connectivity index (χ3v) is 5.43. The number of benzene rings is 2. The minimum atomic E-state index is -0.391. The summed E-state index contributed by atoms with van der Waals surface area (Å²) in [7, 11) is 0. The number of nitrogens with one attached hydrogen (secondary N) is 1. The molecule has 2 aromatic carbocycles. The van der Waals surface area contributed by atoms with Gasteiger partial charge in [0.2, 0.25) is 5.91 Å². The highest BCUT2D eigenvalue weighted by molar-refractivity contribution is 6.30. The molecule has 1 fully saturated rings. The van der Waals surface area contributed by atoms with Gasteiger partial charge in [-0.3, -0.25) is 9.59 Å². The SMILES string of the molecule is CC(NC(=O)c1ccc(Cl)cc1)c1nc2ccccc2n1CC(=O)N1CCOCC1. The molecule has 3 aromatic rings. The molecular formula is C22H23ClN4O3. The molecule has 8 heteroatoms. The predicted octanol–water partition coefficient (Wildman–Crippen LogP) is 3.04. The summed E-state index contributed by atoms with van der Waals surface area (Å²) in [4.78, 5) is 32.0. The summed E-state index contributed by atoms with van der Waals surface area (Å²) < 4.78 is 7.23. The summed E-state index contributed by atoms with van der Waals surface area (Å²) >= 11 is 5.91. The molecule has 30 heavy (non-hydrogen) atoms. The van der Waals surface area contributed by atoms with E-state index in [1.54, 1.807) is 29.2 Å². The molecule has 0 aliphatic carbocycles. The van der Waals surface area contributed by atoms with Crippen LogP contribution in [0.25, 0.3) is 11.0 Å². The highest BCUT2D eigenvalue weighted by Gasteiger charge is 2.23. The minimum Gasteiger partial charge on any atom is -0.378 e. The van der Waals surface area contributed by atoms with Crippen molar-refractivity contribution in [2.75, 3.05) is 26.3 Å². The van der Waals surface area contributed by atoms with Crippen molar-refractivity contribution in [2.24, 2.45) is 0 Å². The number of rotatable bonds is 5. The van der Waals surface area contributed by atoms with E-state index in [2.05, 4.69) is 5.32 Å². The summed E-state index contributed by atoms with van der Waals surface area (Å²) in [6, 6.07) is 14.0. The van der Waals surface area contributed by atoms with Crippen molar-refractivity contribution >= 4 is 34.4 Å². The quantitative estimate of drug-likeness (QED) is 0.680. The average molecular weight is 427 g/mol. The van der Waals surface area contributed by atoms with Crippen LogP contribution in [-0.4, -0.2) is 52.6 Å². The Morgan fingerprint density at radius 1 is 1.13 bits per heavy atom. The van der Waals surface area contributed by atoms with E-state index in [0.29, 0.717) is 42.7 Å². The van der Waals surface area contributed by atoms with E-state index in [9.17, 15) is 9.59 Å². The van der Waals surface area contributed by atoms with Crippen molar-refractivity contribution < 1.29 is 14.3 Å². The first-order valence-corrected chi connectivity index (χ1v) is 10.3. The fourth-order valence-electron chi connectivity index (χ4n) is 3.58. The zero-order valence-electron chi connectivity index (χ0n) is 16.7. The minimum absolute atomic E-state index is 0.0129. The van der Waals surface area contributed by atoms with Gasteiger partial charge in [0, 0.05) is 23.7 Å². The van der Waals surface area contributed by atoms with Gasteiger partial charge in [0.1, 0.15) is 12.4 Å². The van der Waals surface area contributed by atoms with Gasteiger partial charge in [-0.1, -0.05) is 23.7 Å². The predicted molar refractivity (Wildman–Crippen MR) is 114 cm³/mol. The van der Waals surface area contributed by atoms with Gasteiger partial charge in [0.15, 0.2) is 0 Å². The number of fused-ring (bicyclic) bond motifs is 1. The number of aromatic nitrogens is 2. The fraction of sp³-hybridized carbons (Fsp3) is 0.318. The van der Waals surface area contributed by atoms with E-state index >= 15 is 0 Å². The van der Waals surface area contributed by atoms with E-state index < -0.39 is 6.04 Å². The maximum absolute atomic E-state index is 12.9. The molecule has 1 aromatic heterocycles. The molecule has 1 aliphatic heterocycles. The van der Waals surface area contributed by atoms with Crippen LogP contribution in [0.2, 0.25) is 5.02 Å². The lowest BCUT2D eigenvalue weighted by molar-refractivity contribution is -0.135. The molecule has 7 nitrogen and oxygen atoms in total. The molecule has 4 rings (SSSR count).